The number of allylic oxidation sites excluding steroid dienone is 1. The number of nitrogen functional groups attached to an aromatic ring is 1. The number of nitrogens with two attached hydrogens (primary N) is 1. The molecule has 0 saturated carbocycles. The lowest BCUT2D eigenvalue weighted by atomic mass is 9.92. The van der Waals surface area contributed by atoms with Crippen molar-refractivity contribution in [3.05, 3.63) is 70.9 Å². The molecule has 7 heteroatoms. The summed E-state index contributed by atoms with van der Waals surface area (Å²) in [6, 6.07) is 15.4. The first kappa shape index (κ1) is 20.0. The first-order valence-corrected chi connectivity index (χ1v) is 9.81. The average Bonchev–Trinajstić information content (AvgIpc) is 2.74. The molecule has 0 aliphatic rings. The molecule has 0 spiro atoms. The summed E-state index contributed by atoms with van der Waals surface area (Å²) in [5.41, 5.74) is 12.8. The summed E-state index contributed by atoms with van der Waals surface area (Å²) in [5.74, 6) is 1.12. The van der Waals surface area contributed by atoms with Crippen LogP contribution in [-0.2, 0) is 0 Å². The topological polar surface area (TPSA) is 113 Å². The highest BCUT2D eigenvalue weighted by Gasteiger charge is 2.15. The van der Waals surface area contributed by atoms with Crippen LogP contribution in [0.15, 0.2) is 48.5 Å². The summed E-state index contributed by atoms with van der Waals surface area (Å²) >= 11 is 0. The van der Waals surface area contributed by atoms with Crippen LogP contribution in [0.3, 0.4) is 0 Å². The van der Waals surface area contributed by atoms with Crippen molar-refractivity contribution in [3.8, 4) is 17.2 Å². The van der Waals surface area contributed by atoms with E-state index < -0.39 is 0 Å². The maximum Gasteiger partial charge on any atom is 0.230 e. The third-order valence-electron chi connectivity index (χ3n) is 4.96. The minimum absolute atomic E-state index is 0.235. The van der Waals surface area contributed by atoms with E-state index in [1.807, 2.05) is 37.3 Å². The molecule has 152 valence electrons. The van der Waals surface area contributed by atoms with Crippen molar-refractivity contribution in [1.29, 1.82) is 5.26 Å². The largest absolute Gasteiger partial charge is 0.383 e. The van der Waals surface area contributed by atoms with Crippen LogP contribution >= 0.6 is 0 Å². The van der Waals surface area contributed by atoms with Crippen LogP contribution in [0.5, 0.6) is 0 Å². The summed E-state index contributed by atoms with van der Waals surface area (Å²) in [4.78, 5) is 9.11. The second-order valence-electron chi connectivity index (χ2n) is 7.20. The van der Waals surface area contributed by atoms with E-state index in [4.69, 9.17) is 16.0 Å². The highest BCUT2D eigenvalue weighted by atomic mass is 15.2. The highest BCUT2D eigenvalue weighted by Crippen LogP contribution is 2.35. The molecule has 31 heavy (non-hydrogen) atoms. The molecule has 0 amide bonds. The van der Waals surface area contributed by atoms with Crippen LogP contribution in [-0.4, -0.2) is 20.2 Å². The van der Waals surface area contributed by atoms with Crippen molar-refractivity contribution in [2.75, 3.05) is 11.1 Å². The van der Waals surface area contributed by atoms with Gasteiger partial charge in [-0.1, -0.05) is 36.4 Å². The third kappa shape index (κ3) is 3.91. The van der Waals surface area contributed by atoms with E-state index in [1.54, 1.807) is 12.1 Å². The molecule has 2 heterocycles. The number of benzene rings is 2. The lowest BCUT2D eigenvalue weighted by Crippen LogP contribution is -2.04. The lowest BCUT2D eigenvalue weighted by molar-refractivity contribution is 1.01. The smallest absolute Gasteiger partial charge is 0.230 e. The van der Waals surface area contributed by atoms with Crippen LogP contribution in [0.1, 0.15) is 29.3 Å². The van der Waals surface area contributed by atoms with Crippen LogP contribution in [0.2, 0.25) is 0 Å². The van der Waals surface area contributed by atoms with Gasteiger partial charge in [-0.15, -0.1) is 10.2 Å². The molecule has 0 fully saturated rings. The Morgan fingerprint density at radius 2 is 1.81 bits per heavy atom. The number of fused-ring (bicyclic) bond motifs is 1. The number of aryl methyl sites for hydroxylation is 2. The van der Waals surface area contributed by atoms with E-state index in [0.717, 1.165) is 38.7 Å². The van der Waals surface area contributed by atoms with Gasteiger partial charge in [0.2, 0.25) is 5.95 Å². The van der Waals surface area contributed by atoms with E-state index in [1.165, 1.54) is 0 Å². The molecule has 0 aliphatic carbocycles. The van der Waals surface area contributed by atoms with Gasteiger partial charge in [-0.2, -0.15) is 10.2 Å². The standard InChI is InChI=1S/C24H21N7/c1-4-6-16-11-14(2)21(15(3)12-16)18-7-5-8-19-22(18)28-24(29-23(19)26)27-20-10-9-17(13-25)30-31-20/h4-12H,1-3H3,(H3,26,27,28,29,31)/b6-4+. The van der Waals surface area contributed by atoms with Gasteiger partial charge in [0.1, 0.15) is 11.9 Å². The van der Waals surface area contributed by atoms with Crippen LogP contribution < -0.4 is 11.1 Å². The number of hydrogen-bond acceptors (Lipinski definition) is 7. The van der Waals surface area contributed by atoms with Gasteiger partial charge in [0.15, 0.2) is 11.5 Å². The summed E-state index contributed by atoms with van der Waals surface area (Å²) in [6.07, 6.45) is 4.12. The molecule has 7 nitrogen and oxygen atoms in total. The Bertz CT molecular complexity index is 1330. The number of para-hydroxylation sites is 1. The van der Waals surface area contributed by atoms with Gasteiger partial charge >= 0.3 is 0 Å². The van der Waals surface area contributed by atoms with Gasteiger partial charge in [0.05, 0.1) is 5.52 Å². The fourth-order valence-corrected chi connectivity index (χ4v) is 3.72. The van der Waals surface area contributed by atoms with Crippen molar-refractivity contribution in [3.63, 3.8) is 0 Å². The SMILES string of the molecule is C/C=C/c1cc(C)c(-c2cccc3c(N)nc(Nc4ccc(C#N)nn4)nc23)c(C)c1. The predicted octanol–water partition coefficient (Wildman–Crippen LogP) is 4.93. The number of hydrogen-bond donors (Lipinski definition) is 2. The minimum Gasteiger partial charge on any atom is -0.383 e. The molecule has 0 radical (unpaired) electrons. The molecular formula is C24H21N7. The zero-order valence-electron chi connectivity index (χ0n) is 17.5. The molecule has 0 bridgehead atoms. The zero-order valence-corrected chi connectivity index (χ0v) is 17.5. The van der Waals surface area contributed by atoms with E-state index >= 15 is 0 Å². The Labute approximate surface area is 180 Å². The Morgan fingerprint density at radius 3 is 2.45 bits per heavy atom. The Morgan fingerprint density at radius 1 is 1.03 bits per heavy atom. The van der Waals surface area contributed by atoms with Crippen molar-refractivity contribution in [2.45, 2.75) is 20.8 Å². The normalized spacial score (nSPS) is 11.0. The Kier molecular flexibility index (Phi) is 5.29. The zero-order chi connectivity index (χ0) is 22.0. The molecule has 0 saturated heterocycles. The maximum atomic E-state index is 8.89. The maximum absolute atomic E-state index is 8.89. The number of nitriles is 1. The van der Waals surface area contributed by atoms with Gasteiger partial charge < -0.3 is 11.1 Å². The molecule has 2 aromatic heterocycles. The van der Waals surface area contributed by atoms with Crippen molar-refractivity contribution in [1.82, 2.24) is 20.2 Å². The van der Waals surface area contributed by atoms with Crippen LogP contribution in [0.25, 0.3) is 28.1 Å². The van der Waals surface area contributed by atoms with Gasteiger partial charge in [0.25, 0.3) is 0 Å². The molecular weight excluding hydrogens is 386 g/mol. The number of rotatable bonds is 4. The summed E-state index contributed by atoms with van der Waals surface area (Å²) in [7, 11) is 0. The summed E-state index contributed by atoms with van der Waals surface area (Å²) < 4.78 is 0. The van der Waals surface area contributed by atoms with Gasteiger partial charge in [-0.25, -0.2) is 4.98 Å². The first-order chi connectivity index (χ1) is 15.0. The molecule has 4 aromatic rings. The highest BCUT2D eigenvalue weighted by molar-refractivity contribution is 6.00. The van der Waals surface area contributed by atoms with Gasteiger partial charge in [-0.05, 0) is 61.2 Å². The van der Waals surface area contributed by atoms with Crippen molar-refractivity contribution in [2.24, 2.45) is 0 Å². The van der Waals surface area contributed by atoms with E-state index in [-0.39, 0.29) is 5.69 Å². The quantitative estimate of drug-likeness (QED) is 0.493. The number of nitrogens with one attached hydrogen (secondary N) is 1. The molecule has 0 unspecified atom stereocenters. The predicted molar refractivity (Wildman–Crippen MR) is 124 cm³/mol. The second kappa shape index (κ2) is 8.20. The molecule has 3 N–H and O–H groups in total. The number of nitrogens with zero attached hydrogens (tertiary/aromatic N) is 5. The van der Waals surface area contributed by atoms with Crippen molar-refractivity contribution >= 4 is 34.6 Å². The molecule has 0 atom stereocenters. The lowest BCUT2D eigenvalue weighted by Gasteiger charge is -2.15. The van der Waals surface area contributed by atoms with E-state index in [2.05, 4.69) is 52.6 Å². The van der Waals surface area contributed by atoms with Gasteiger partial charge in [-0.3, -0.25) is 0 Å². The third-order valence-corrected chi connectivity index (χ3v) is 4.96. The Balaban J connectivity index is 1.85. The second-order valence-corrected chi connectivity index (χ2v) is 7.20. The van der Waals surface area contributed by atoms with Gasteiger partial charge in [0, 0.05) is 10.9 Å². The van der Waals surface area contributed by atoms with Crippen molar-refractivity contribution < 1.29 is 0 Å². The van der Waals surface area contributed by atoms with E-state index in [0.29, 0.717) is 17.6 Å². The number of aromatic nitrogens is 4. The summed E-state index contributed by atoms with van der Waals surface area (Å²) in [6.45, 7) is 6.21. The molecule has 2 aromatic carbocycles. The molecule has 0 aliphatic heterocycles. The fourth-order valence-electron chi connectivity index (χ4n) is 3.72. The van der Waals surface area contributed by atoms with E-state index in [9.17, 15) is 0 Å². The first-order valence-electron chi connectivity index (χ1n) is 9.81. The Hall–Kier alpha value is -4.31. The molecule has 4 rings (SSSR count). The fraction of sp³-hybridized carbons (Fsp3) is 0.125. The minimum atomic E-state index is 0.235. The number of anilines is 3. The van der Waals surface area contributed by atoms with Crippen LogP contribution in [0, 0.1) is 25.2 Å². The summed E-state index contributed by atoms with van der Waals surface area (Å²) in [5, 5.41) is 20.5. The monoisotopic (exact) mass is 407 g/mol. The average molecular weight is 407 g/mol. The van der Waals surface area contributed by atoms with Crippen LogP contribution in [0.4, 0.5) is 17.6 Å².